The maximum absolute atomic E-state index is 14.4. The van der Waals surface area contributed by atoms with Gasteiger partial charge in [0.15, 0.2) is 14.9 Å². The molecule has 1 aromatic rings. The zero-order valence-corrected chi connectivity index (χ0v) is 31.0. The molecule has 0 spiro atoms. The number of sulfone groups is 1. The van der Waals surface area contributed by atoms with Gasteiger partial charge in [-0.05, 0) is 54.1 Å². The number of Topliss-reactive ketones (excluding diaryl/α,β-unsaturated/α-hetero) is 1. The highest BCUT2D eigenvalue weighted by Gasteiger charge is 2.70. The summed E-state index contributed by atoms with van der Waals surface area (Å²) in [5.41, 5.74) is -2.06. The van der Waals surface area contributed by atoms with Crippen molar-refractivity contribution in [3.63, 3.8) is 0 Å². The zero-order valence-electron chi connectivity index (χ0n) is 30.2. The number of fused-ring (bicyclic) bond motifs is 1. The lowest BCUT2D eigenvalue weighted by Gasteiger charge is -2.40. The maximum Gasteiger partial charge on any atom is 0.315 e. The van der Waals surface area contributed by atoms with E-state index in [1.165, 1.54) is 23.2 Å². The molecule has 2 unspecified atom stereocenters. The fourth-order valence-corrected chi connectivity index (χ4v) is 9.51. The predicted octanol–water partition coefficient (Wildman–Crippen LogP) is 2.91. The Morgan fingerprint density at radius 2 is 1.76 bits per heavy atom. The van der Waals surface area contributed by atoms with E-state index in [-0.39, 0.29) is 41.0 Å². The summed E-state index contributed by atoms with van der Waals surface area (Å²) < 4.78 is 26.8. The lowest BCUT2D eigenvalue weighted by Crippen LogP contribution is -2.63. The van der Waals surface area contributed by atoms with Gasteiger partial charge in [0.2, 0.25) is 17.6 Å². The molecule has 1 aromatic heterocycles. The number of nitrogens with one attached hydrogen (secondary N) is 4. The molecule has 5 amide bonds. The normalized spacial score (nSPS) is 23.4. The minimum absolute atomic E-state index is 0.0372. The van der Waals surface area contributed by atoms with Gasteiger partial charge in [0, 0.05) is 19.3 Å². The minimum atomic E-state index is -3.84. The van der Waals surface area contributed by atoms with Gasteiger partial charge in [-0.15, -0.1) is 6.58 Å². The third-order valence-corrected chi connectivity index (χ3v) is 12.4. The van der Waals surface area contributed by atoms with Gasteiger partial charge in [0.25, 0.3) is 5.91 Å². The van der Waals surface area contributed by atoms with Crippen LogP contribution in [0, 0.1) is 22.7 Å². The van der Waals surface area contributed by atoms with Gasteiger partial charge < -0.3 is 26.2 Å². The average Bonchev–Trinajstić information content (AvgIpc) is 3.36. The summed E-state index contributed by atoms with van der Waals surface area (Å²) in [6.07, 6.45) is 6.95. The van der Waals surface area contributed by atoms with Crippen molar-refractivity contribution < 1.29 is 32.4 Å². The zero-order chi connectivity index (χ0) is 37.1. The monoisotopic (exact) mass is 714 g/mol. The molecule has 0 bridgehead atoms. The third kappa shape index (κ3) is 8.55. The van der Waals surface area contributed by atoms with Crippen molar-refractivity contribution in [3.05, 3.63) is 37.1 Å². The number of amides is 5. The van der Waals surface area contributed by atoms with Crippen molar-refractivity contribution >= 4 is 39.4 Å². The van der Waals surface area contributed by atoms with Crippen LogP contribution in [-0.2, 0) is 29.0 Å². The Bertz CT molecular complexity index is 1570. The molecule has 2 heterocycles. The fourth-order valence-electron chi connectivity index (χ4n) is 7.76. The van der Waals surface area contributed by atoms with Crippen molar-refractivity contribution in [2.45, 2.75) is 115 Å². The molecule has 1 saturated heterocycles. The van der Waals surface area contributed by atoms with E-state index in [1.807, 2.05) is 41.5 Å². The summed E-state index contributed by atoms with van der Waals surface area (Å²) in [5, 5.41) is 11.0. The molecule has 1 aliphatic heterocycles. The van der Waals surface area contributed by atoms with Crippen LogP contribution in [0.4, 0.5) is 4.79 Å². The van der Waals surface area contributed by atoms with Gasteiger partial charge in [-0.3, -0.25) is 19.2 Å². The summed E-state index contributed by atoms with van der Waals surface area (Å²) >= 11 is 0. The van der Waals surface area contributed by atoms with E-state index in [1.54, 1.807) is 12.1 Å². The number of piperidine rings is 1. The van der Waals surface area contributed by atoms with Crippen molar-refractivity contribution in [1.29, 1.82) is 0 Å². The number of likely N-dealkylation sites (tertiary alicyclic amines) is 1. The van der Waals surface area contributed by atoms with Crippen LogP contribution in [0.25, 0.3) is 0 Å². The van der Waals surface area contributed by atoms with Gasteiger partial charge >= 0.3 is 6.03 Å². The van der Waals surface area contributed by atoms with Crippen LogP contribution >= 0.6 is 0 Å². The molecule has 3 fully saturated rings. The van der Waals surface area contributed by atoms with Gasteiger partial charge in [-0.1, -0.05) is 79.4 Å². The summed E-state index contributed by atoms with van der Waals surface area (Å²) in [6, 6.07) is 0.974. The number of urea groups is 1. The summed E-state index contributed by atoms with van der Waals surface area (Å²) in [7, 11) is -3.84. The molecule has 14 heteroatoms. The number of nitrogens with zero attached hydrogens (tertiary/aromatic N) is 2. The molecule has 0 radical (unpaired) electrons. The van der Waals surface area contributed by atoms with Crippen molar-refractivity contribution in [3.8, 4) is 0 Å². The number of carbonyl (C=O) groups is 5. The van der Waals surface area contributed by atoms with E-state index in [4.69, 9.17) is 0 Å². The number of hydrogen-bond donors (Lipinski definition) is 4. The van der Waals surface area contributed by atoms with Crippen molar-refractivity contribution in [1.82, 2.24) is 31.2 Å². The highest BCUT2D eigenvalue weighted by Crippen LogP contribution is 2.65. The first-order valence-electron chi connectivity index (χ1n) is 17.6. The van der Waals surface area contributed by atoms with E-state index in [2.05, 4.69) is 32.8 Å². The van der Waals surface area contributed by atoms with E-state index in [9.17, 15) is 32.4 Å². The lowest BCUT2D eigenvalue weighted by molar-refractivity contribution is -0.145. The Balaban J connectivity index is 1.55. The van der Waals surface area contributed by atoms with Crippen molar-refractivity contribution in [2.75, 3.05) is 18.8 Å². The number of pyridine rings is 1. The summed E-state index contributed by atoms with van der Waals surface area (Å²) in [6.45, 7) is 15.3. The van der Waals surface area contributed by atoms with Crippen LogP contribution in [0.5, 0.6) is 0 Å². The first kappa shape index (κ1) is 39.0. The Morgan fingerprint density at radius 1 is 1.08 bits per heavy atom. The SMILES string of the molecule is C=CCNC(=O)C(=O)C(CCC)NC(=O)[C@@H]1[C@@H]2C(CN1C(=O)[C@@H](NC(=O)NC1(CS(=O)(=O)c3ccccn3)CCCCC1)C(C)(C)C)C2(C)C. The van der Waals surface area contributed by atoms with E-state index in [0.29, 0.717) is 25.8 Å². The Morgan fingerprint density at radius 3 is 2.34 bits per heavy atom. The topological polar surface area (TPSA) is 184 Å². The van der Waals surface area contributed by atoms with Crippen molar-refractivity contribution in [2.24, 2.45) is 22.7 Å². The number of carbonyl (C=O) groups excluding carboxylic acids is 5. The molecule has 3 aliphatic rings. The second-order valence-electron chi connectivity index (χ2n) is 15.8. The molecule has 50 heavy (non-hydrogen) atoms. The molecular formula is C36H54N6O7S. The number of hydrogen-bond acceptors (Lipinski definition) is 8. The molecule has 2 saturated carbocycles. The molecule has 5 atom stereocenters. The van der Waals surface area contributed by atoms with Crippen LogP contribution in [0.2, 0.25) is 0 Å². The summed E-state index contributed by atoms with van der Waals surface area (Å²) in [4.78, 5) is 73.2. The molecule has 276 valence electrons. The first-order valence-corrected chi connectivity index (χ1v) is 19.3. The number of ketones is 1. The van der Waals surface area contributed by atoms with Crippen LogP contribution in [0.3, 0.4) is 0 Å². The smallest absolute Gasteiger partial charge is 0.315 e. The van der Waals surface area contributed by atoms with Gasteiger partial charge in [-0.25, -0.2) is 18.2 Å². The Hall–Kier alpha value is -3.81. The number of rotatable bonds is 14. The second kappa shape index (κ2) is 15.2. The predicted molar refractivity (Wildman–Crippen MR) is 188 cm³/mol. The molecule has 13 nitrogen and oxygen atoms in total. The van der Waals surface area contributed by atoms with E-state index in [0.717, 1.165) is 19.3 Å². The number of aromatic nitrogens is 1. The highest BCUT2D eigenvalue weighted by molar-refractivity contribution is 7.91. The first-order chi connectivity index (χ1) is 23.4. The van der Waals surface area contributed by atoms with Crippen LogP contribution in [-0.4, -0.2) is 90.3 Å². The minimum Gasteiger partial charge on any atom is -0.346 e. The quantitative estimate of drug-likeness (QED) is 0.168. The van der Waals surface area contributed by atoms with Gasteiger partial charge in [0.1, 0.15) is 12.1 Å². The maximum atomic E-state index is 14.4. The van der Waals surface area contributed by atoms with E-state index < -0.39 is 68.5 Å². The Labute approximate surface area is 296 Å². The van der Waals surface area contributed by atoms with E-state index >= 15 is 0 Å². The standard InChI is InChI=1S/C36H54N6O7S/c1-8-15-24(28(43)31(45)38-19-9-2)39-30(44)27-26-23(35(26,6)7)21-42(27)32(46)29(34(3,4)5)40-33(47)41-36(17-12-10-13-18-36)22-50(48,49)25-16-11-14-20-37-25/h9,11,14,16,20,23-24,26-27,29H,2,8,10,12-13,15,17-19,21-22H2,1,3-7H3,(H,38,45)(H,39,44)(H2,40,41,47)/t23?,24?,26-,27-,29+/m0/s1. The molecular weight excluding hydrogens is 660 g/mol. The van der Waals surface area contributed by atoms with Gasteiger partial charge in [0.05, 0.1) is 17.3 Å². The molecule has 0 aromatic carbocycles. The van der Waals surface area contributed by atoms with Crippen LogP contribution in [0.1, 0.15) is 86.5 Å². The molecule has 2 aliphatic carbocycles. The summed E-state index contributed by atoms with van der Waals surface area (Å²) in [5.74, 6) is -3.01. The largest absolute Gasteiger partial charge is 0.346 e. The molecule has 4 rings (SSSR count). The van der Waals surface area contributed by atoms with Gasteiger partial charge in [-0.2, -0.15) is 0 Å². The highest BCUT2D eigenvalue weighted by atomic mass is 32.2. The van der Waals surface area contributed by atoms with Crippen LogP contribution < -0.4 is 21.3 Å². The molecule has 4 N–H and O–H groups in total. The third-order valence-electron chi connectivity index (χ3n) is 10.6. The Kier molecular flexibility index (Phi) is 11.9. The van der Waals surface area contributed by atoms with Crippen LogP contribution in [0.15, 0.2) is 42.1 Å². The fraction of sp³-hybridized carbons (Fsp3) is 0.667. The second-order valence-corrected chi connectivity index (χ2v) is 17.7. The average molecular weight is 715 g/mol. The lowest BCUT2D eigenvalue weighted by atomic mass is 9.83.